The average molecular weight is 298 g/mol. The molecule has 0 spiro atoms. The van der Waals surface area contributed by atoms with E-state index in [1.165, 1.54) is 10.6 Å². The Morgan fingerprint density at radius 1 is 1.32 bits per heavy atom. The smallest absolute Gasteiger partial charge is 0.250 e. The number of hydrogen-bond acceptors (Lipinski definition) is 4. The fourth-order valence-corrected chi connectivity index (χ4v) is 2.70. The lowest BCUT2D eigenvalue weighted by Gasteiger charge is -2.36. The maximum Gasteiger partial charge on any atom is 0.250 e. The van der Waals surface area contributed by atoms with Crippen LogP contribution in [0.5, 0.6) is 0 Å². The molecule has 1 N–H and O–H groups in total. The second-order valence-electron chi connectivity index (χ2n) is 5.26. The molecule has 22 heavy (non-hydrogen) atoms. The molecule has 2 aromatic rings. The maximum atomic E-state index is 12.6. The van der Waals surface area contributed by atoms with Crippen molar-refractivity contribution in [3.8, 4) is 0 Å². The first-order valence-electron chi connectivity index (χ1n) is 7.31. The van der Waals surface area contributed by atoms with Gasteiger partial charge in [0.2, 0.25) is 5.91 Å². The highest BCUT2D eigenvalue weighted by Gasteiger charge is 2.27. The molecule has 1 aliphatic rings. The van der Waals surface area contributed by atoms with Gasteiger partial charge in [0.05, 0.1) is 6.04 Å². The van der Waals surface area contributed by atoms with Crippen LogP contribution in [-0.4, -0.2) is 40.0 Å². The minimum absolute atomic E-state index is 0.0469. The van der Waals surface area contributed by atoms with E-state index in [4.69, 9.17) is 0 Å². The molecule has 0 aliphatic carbocycles. The van der Waals surface area contributed by atoms with Crippen molar-refractivity contribution in [1.29, 1.82) is 0 Å². The summed E-state index contributed by atoms with van der Waals surface area (Å²) in [6.07, 6.45) is 5.14. The van der Waals surface area contributed by atoms with E-state index in [1.807, 2.05) is 17.0 Å². The highest BCUT2D eigenvalue weighted by atomic mass is 16.2. The zero-order valence-electron chi connectivity index (χ0n) is 12.2. The molecule has 2 aromatic heterocycles. The largest absolute Gasteiger partial charge is 0.331 e. The fourth-order valence-electron chi connectivity index (χ4n) is 2.70. The molecule has 0 radical (unpaired) electrons. The number of aromatic nitrogens is 2. The number of carbonyl (C=O) groups is 1. The number of carbonyl (C=O) groups excluding carboxylic acids is 1. The normalized spacial score (nSPS) is 18.2. The summed E-state index contributed by atoms with van der Waals surface area (Å²) in [5.41, 5.74) is 0.840. The Labute approximate surface area is 128 Å². The molecule has 1 atom stereocenters. The van der Waals surface area contributed by atoms with Crippen molar-refractivity contribution in [2.24, 2.45) is 0 Å². The SMILES string of the molecule is O=C(Cn1ccccc1=O)N1CCNCC1c1cccnc1. The quantitative estimate of drug-likeness (QED) is 0.891. The first kappa shape index (κ1) is 14.5. The molecule has 0 aromatic carbocycles. The molecule has 0 bridgehead atoms. The Morgan fingerprint density at radius 3 is 3.00 bits per heavy atom. The maximum absolute atomic E-state index is 12.6. The van der Waals surface area contributed by atoms with Crippen molar-refractivity contribution >= 4 is 5.91 Å². The number of hydrogen-bond donors (Lipinski definition) is 1. The van der Waals surface area contributed by atoms with Gasteiger partial charge in [-0.25, -0.2) is 0 Å². The van der Waals surface area contributed by atoms with E-state index in [9.17, 15) is 9.59 Å². The van der Waals surface area contributed by atoms with E-state index < -0.39 is 0 Å². The number of amides is 1. The van der Waals surface area contributed by atoms with E-state index in [1.54, 1.807) is 30.7 Å². The zero-order chi connectivity index (χ0) is 15.4. The van der Waals surface area contributed by atoms with E-state index in [-0.39, 0.29) is 24.1 Å². The van der Waals surface area contributed by atoms with Crippen LogP contribution in [0, 0.1) is 0 Å². The summed E-state index contributed by atoms with van der Waals surface area (Å²) in [5.74, 6) is -0.0522. The summed E-state index contributed by atoms with van der Waals surface area (Å²) in [6.45, 7) is 2.14. The number of pyridine rings is 2. The van der Waals surface area contributed by atoms with Crippen LogP contribution in [0.25, 0.3) is 0 Å². The molecule has 3 rings (SSSR count). The third-order valence-corrected chi connectivity index (χ3v) is 3.84. The van der Waals surface area contributed by atoms with Crippen LogP contribution in [0.2, 0.25) is 0 Å². The van der Waals surface area contributed by atoms with Gasteiger partial charge in [0.1, 0.15) is 6.54 Å². The van der Waals surface area contributed by atoms with Crippen LogP contribution in [-0.2, 0) is 11.3 Å². The molecular weight excluding hydrogens is 280 g/mol. The molecule has 1 amide bonds. The molecular formula is C16H18N4O2. The number of rotatable bonds is 3. The molecule has 0 saturated carbocycles. The summed E-state index contributed by atoms with van der Waals surface area (Å²) < 4.78 is 1.44. The standard InChI is InChI=1S/C16H18N4O2/c21-15-5-1-2-8-19(15)12-16(22)20-9-7-18-11-14(20)13-4-3-6-17-10-13/h1-6,8,10,14,18H,7,9,11-12H2. The Morgan fingerprint density at radius 2 is 2.23 bits per heavy atom. The molecule has 1 unspecified atom stereocenters. The highest BCUT2D eigenvalue weighted by Crippen LogP contribution is 2.21. The molecule has 6 nitrogen and oxygen atoms in total. The summed E-state index contributed by atoms with van der Waals surface area (Å²) >= 11 is 0. The van der Waals surface area contributed by atoms with Gasteiger partial charge in [-0.05, 0) is 17.7 Å². The molecule has 114 valence electrons. The monoisotopic (exact) mass is 298 g/mol. The number of nitrogens with zero attached hydrogens (tertiary/aromatic N) is 3. The van der Waals surface area contributed by atoms with Gasteiger partial charge >= 0.3 is 0 Å². The van der Waals surface area contributed by atoms with Gasteiger partial charge in [-0.15, -0.1) is 0 Å². The predicted octanol–water partition coefficient (Wildman–Crippen LogP) is 0.416. The Hall–Kier alpha value is -2.47. The van der Waals surface area contributed by atoms with Gasteiger partial charge in [-0.3, -0.25) is 14.6 Å². The molecule has 1 fully saturated rings. The Kier molecular flexibility index (Phi) is 4.29. The van der Waals surface area contributed by atoms with Crippen LogP contribution in [0.4, 0.5) is 0 Å². The van der Waals surface area contributed by atoms with Crippen molar-refractivity contribution < 1.29 is 4.79 Å². The van der Waals surface area contributed by atoms with Crippen molar-refractivity contribution in [2.45, 2.75) is 12.6 Å². The first-order valence-corrected chi connectivity index (χ1v) is 7.31. The number of nitrogens with one attached hydrogen (secondary N) is 1. The molecule has 3 heterocycles. The van der Waals surface area contributed by atoms with Crippen LogP contribution in [0.1, 0.15) is 11.6 Å². The lowest BCUT2D eigenvalue weighted by molar-refractivity contribution is -0.135. The Bertz CT molecular complexity index is 699. The average Bonchev–Trinajstić information content (AvgIpc) is 2.58. The molecule has 1 saturated heterocycles. The first-order chi connectivity index (χ1) is 10.8. The van der Waals surface area contributed by atoms with Gasteiger partial charge in [-0.2, -0.15) is 0 Å². The van der Waals surface area contributed by atoms with Crippen LogP contribution < -0.4 is 10.9 Å². The van der Waals surface area contributed by atoms with Gasteiger partial charge in [0.25, 0.3) is 5.56 Å². The van der Waals surface area contributed by atoms with Gasteiger partial charge in [-0.1, -0.05) is 12.1 Å². The molecule has 6 heteroatoms. The highest BCUT2D eigenvalue weighted by molar-refractivity contribution is 5.76. The third kappa shape index (κ3) is 3.07. The van der Waals surface area contributed by atoms with Crippen molar-refractivity contribution in [1.82, 2.24) is 19.8 Å². The van der Waals surface area contributed by atoms with Crippen molar-refractivity contribution in [3.63, 3.8) is 0 Å². The third-order valence-electron chi connectivity index (χ3n) is 3.84. The van der Waals surface area contributed by atoms with Gasteiger partial charge in [0.15, 0.2) is 0 Å². The van der Waals surface area contributed by atoms with Crippen molar-refractivity contribution in [2.75, 3.05) is 19.6 Å². The van der Waals surface area contributed by atoms with Crippen LogP contribution >= 0.6 is 0 Å². The van der Waals surface area contributed by atoms with E-state index >= 15 is 0 Å². The summed E-state index contributed by atoms with van der Waals surface area (Å²) in [7, 11) is 0. The fraction of sp³-hybridized carbons (Fsp3) is 0.312. The molecule has 1 aliphatic heterocycles. The summed E-state index contributed by atoms with van der Waals surface area (Å²) in [4.78, 5) is 30.3. The minimum atomic E-state index is -0.163. The lowest BCUT2D eigenvalue weighted by Crippen LogP contribution is -2.50. The summed E-state index contributed by atoms with van der Waals surface area (Å²) in [5, 5.41) is 3.30. The van der Waals surface area contributed by atoms with Gasteiger partial charge < -0.3 is 14.8 Å². The van der Waals surface area contributed by atoms with Gasteiger partial charge in [0, 0.05) is 44.3 Å². The van der Waals surface area contributed by atoms with E-state index in [0.29, 0.717) is 13.1 Å². The second kappa shape index (κ2) is 6.53. The van der Waals surface area contributed by atoms with Crippen molar-refractivity contribution in [3.05, 3.63) is 64.8 Å². The Balaban J connectivity index is 1.80. The van der Waals surface area contributed by atoms with E-state index in [0.717, 1.165) is 12.1 Å². The van der Waals surface area contributed by atoms with Crippen LogP contribution in [0.3, 0.4) is 0 Å². The zero-order valence-corrected chi connectivity index (χ0v) is 12.2. The summed E-state index contributed by atoms with van der Waals surface area (Å²) in [6, 6.07) is 8.68. The van der Waals surface area contributed by atoms with E-state index in [2.05, 4.69) is 10.3 Å². The number of piperazine rings is 1. The van der Waals surface area contributed by atoms with Crippen LogP contribution in [0.15, 0.2) is 53.7 Å². The lowest BCUT2D eigenvalue weighted by atomic mass is 10.1. The minimum Gasteiger partial charge on any atom is -0.331 e. The topological polar surface area (TPSA) is 67.2 Å². The second-order valence-corrected chi connectivity index (χ2v) is 5.26. The predicted molar refractivity (Wildman–Crippen MR) is 82.3 cm³/mol.